The largest absolute Gasteiger partial charge is 0.392 e. The highest BCUT2D eigenvalue weighted by atomic mass is 32.2. The number of benzene rings is 2. The third-order valence-corrected chi connectivity index (χ3v) is 5.16. The minimum atomic E-state index is -3.63. The molecule has 2 rings (SSSR count). The summed E-state index contributed by atoms with van der Waals surface area (Å²) in [5, 5.41) is 9.19. The standard InChI is InChI=1S/C18H23NO3S/c1-3-4-5-15-8-10-17(11-9-15)23(21,22)19-18-12-16(13-20)7-6-14(18)2/h6-12,19-20H,3-5,13H2,1-2H3. The maximum atomic E-state index is 12.5. The lowest BCUT2D eigenvalue weighted by molar-refractivity contribution is 0.282. The summed E-state index contributed by atoms with van der Waals surface area (Å²) in [6.07, 6.45) is 3.17. The van der Waals surface area contributed by atoms with Crippen LogP contribution in [0.1, 0.15) is 36.5 Å². The molecular weight excluding hydrogens is 310 g/mol. The van der Waals surface area contributed by atoms with Gasteiger partial charge in [0.1, 0.15) is 0 Å². The molecule has 0 radical (unpaired) electrons. The highest BCUT2D eigenvalue weighted by molar-refractivity contribution is 7.92. The number of aliphatic hydroxyl groups excluding tert-OH is 1. The second-order valence-corrected chi connectivity index (χ2v) is 7.34. The van der Waals surface area contributed by atoms with Crippen molar-refractivity contribution in [3.63, 3.8) is 0 Å². The molecule has 0 aromatic heterocycles. The molecule has 2 N–H and O–H groups in total. The van der Waals surface area contributed by atoms with Crippen LogP contribution in [0.15, 0.2) is 47.4 Å². The Kier molecular flexibility index (Phi) is 5.80. The molecule has 0 heterocycles. The lowest BCUT2D eigenvalue weighted by atomic mass is 10.1. The van der Waals surface area contributed by atoms with Gasteiger partial charge in [0.25, 0.3) is 10.0 Å². The third-order valence-electron chi connectivity index (χ3n) is 3.78. The van der Waals surface area contributed by atoms with E-state index in [1.54, 1.807) is 30.3 Å². The molecular formula is C18H23NO3S. The molecule has 23 heavy (non-hydrogen) atoms. The average Bonchev–Trinajstić information content (AvgIpc) is 2.55. The second kappa shape index (κ2) is 7.62. The molecule has 4 nitrogen and oxygen atoms in total. The Morgan fingerprint density at radius 1 is 1.04 bits per heavy atom. The van der Waals surface area contributed by atoms with Crippen LogP contribution in [-0.2, 0) is 23.1 Å². The fourth-order valence-corrected chi connectivity index (χ4v) is 3.42. The molecule has 2 aromatic rings. The van der Waals surface area contributed by atoms with Crippen molar-refractivity contribution in [2.45, 2.75) is 44.6 Å². The van der Waals surface area contributed by atoms with E-state index in [0.29, 0.717) is 11.3 Å². The Bertz CT molecular complexity index is 752. The lowest BCUT2D eigenvalue weighted by Gasteiger charge is -2.12. The summed E-state index contributed by atoms with van der Waals surface area (Å²) in [5.41, 5.74) is 3.12. The summed E-state index contributed by atoms with van der Waals surface area (Å²) in [6.45, 7) is 3.83. The first-order chi connectivity index (χ1) is 11.0. The Morgan fingerprint density at radius 3 is 2.30 bits per heavy atom. The molecule has 0 fully saturated rings. The van der Waals surface area contributed by atoms with E-state index in [-0.39, 0.29) is 11.5 Å². The van der Waals surface area contributed by atoms with Gasteiger partial charge in [0.15, 0.2) is 0 Å². The van der Waals surface area contributed by atoms with Crippen molar-refractivity contribution in [2.24, 2.45) is 0 Å². The first-order valence-corrected chi connectivity index (χ1v) is 9.26. The molecule has 0 aliphatic carbocycles. The molecule has 0 unspecified atom stereocenters. The number of nitrogens with one attached hydrogen (secondary N) is 1. The summed E-state index contributed by atoms with van der Waals surface area (Å²) in [6, 6.07) is 12.2. The maximum absolute atomic E-state index is 12.5. The Labute approximate surface area is 138 Å². The fourth-order valence-electron chi connectivity index (χ4n) is 2.30. The van der Waals surface area contributed by atoms with Gasteiger partial charge in [-0.1, -0.05) is 37.6 Å². The molecule has 124 valence electrons. The summed E-state index contributed by atoms with van der Waals surface area (Å²) in [4.78, 5) is 0.242. The number of hydrogen-bond acceptors (Lipinski definition) is 3. The predicted molar refractivity (Wildman–Crippen MR) is 93.0 cm³/mol. The van der Waals surface area contributed by atoms with Crippen LogP contribution in [0.3, 0.4) is 0 Å². The number of anilines is 1. The van der Waals surface area contributed by atoms with Gasteiger partial charge in [-0.15, -0.1) is 0 Å². The summed E-state index contributed by atoms with van der Waals surface area (Å²) >= 11 is 0. The van der Waals surface area contributed by atoms with Gasteiger partial charge in [0.05, 0.1) is 17.2 Å². The fraction of sp³-hybridized carbons (Fsp3) is 0.333. The zero-order valence-corrected chi connectivity index (χ0v) is 14.4. The Morgan fingerprint density at radius 2 is 1.70 bits per heavy atom. The topological polar surface area (TPSA) is 66.4 Å². The van der Waals surface area contributed by atoms with Gasteiger partial charge in [0.2, 0.25) is 0 Å². The number of rotatable bonds is 7. The first kappa shape index (κ1) is 17.5. The lowest BCUT2D eigenvalue weighted by Crippen LogP contribution is -2.14. The number of sulfonamides is 1. The molecule has 2 aromatic carbocycles. The molecule has 0 spiro atoms. The smallest absolute Gasteiger partial charge is 0.261 e. The van der Waals surface area contributed by atoms with Crippen molar-refractivity contribution in [3.05, 3.63) is 59.2 Å². The van der Waals surface area contributed by atoms with Crippen molar-refractivity contribution in [1.29, 1.82) is 0 Å². The van der Waals surface area contributed by atoms with Crippen molar-refractivity contribution < 1.29 is 13.5 Å². The zero-order valence-electron chi connectivity index (χ0n) is 13.5. The zero-order chi connectivity index (χ0) is 16.9. The Hall–Kier alpha value is -1.85. The average molecular weight is 333 g/mol. The van der Waals surface area contributed by atoms with Gasteiger partial charge >= 0.3 is 0 Å². The highest BCUT2D eigenvalue weighted by Gasteiger charge is 2.15. The SMILES string of the molecule is CCCCc1ccc(S(=O)(=O)Nc2cc(CO)ccc2C)cc1. The second-order valence-electron chi connectivity index (χ2n) is 5.66. The molecule has 0 amide bonds. The summed E-state index contributed by atoms with van der Waals surface area (Å²) in [7, 11) is -3.63. The van der Waals surface area contributed by atoms with Crippen LogP contribution in [0.4, 0.5) is 5.69 Å². The third kappa shape index (κ3) is 4.56. The van der Waals surface area contributed by atoms with Gasteiger partial charge < -0.3 is 5.11 Å². The minimum Gasteiger partial charge on any atom is -0.392 e. The van der Waals surface area contributed by atoms with Gasteiger partial charge in [0, 0.05) is 0 Å². The molecule has 0 atom stereocenters. The van der Waals surface area contributed by atoms with E-state index in [1.165, 1.54) is 0 Å². The van der Waals surface area contributed by atoms with Crippen LogP contribution in [-0.4, -0.2) is 13.5 Å². The monoisotopic (exact) mass is 333 g/mol. The van der Waals surface area contributed by atoms with Gasteiger partial charge in [-0.2, -0.15) is 0 Å². The van der Waals surface area contributed by atoms with Crippen LogP contribution in [0.25, 0.3) is 0 Å². The van der Waals surface area contributed by atoms with Crippen molar-refractivity contribution >= 4 is 15.7 Å². The van der Waals surface area contributed by atoms with Crippen LogP contribution < -0.4 is 4.72 Å². The van der Waals surface area contributed by atoms with Crippen molar-refractivity contribution in [3.8, 4) is 0 Å². The molecule has 5 heteroatoms. The van der Waals surface area contributed by atoms with Gasteiger partial charge in [-0.05, 0) is 54.7 Å². The number of unbranched alkanes of at least 4 members (excludes halogenated alkanes) is 1. The number of aliphatic hydroxyl groups is 1. The molecule has 0 bridgehead atoms. The molecule has 0 saturated carbocycles. The van der Waals surface area contributed by atoms with E-state index in [2.05, 4.69) is 11.6 Å². The van der Waals surface area contributed by atoms with Crippen LogP contribution in [0.5, 0.6) is 0 Å². The molecule has 0 aliphatic heterocycles. The van der Waals surface area contributed by atoms with E-state index >= 15 is 0 Å². The van der Waals surface area contributed by atoms with Gasteiger partial charge in [-0.25, -0.2) is 8.42 Å². The maximum Gasteiger partial charge on any atom is 0.261 e. The van der Waals surface area contributed by atoms with Crippen LogP contribution in [0.2, 0.25) is 0 Å². The number of hydrogen-bond donors (Lipinski definition) is 2. The summed E-state index contributed by atoms with van der Waals surface area (Å²) < 4.78 is 27.6. The van der Waals surface area contributed by atoms with E-state index in [9.17, 15) is 13.5 Å². The quantitative estimate of drug-likeness (QED) is 0.813. The van der Waals surface area contributed by atoms with E-state index < -0.39 is 10.0 Å². The Balaban J connectivity index is 2.21. The molecule has 0 aliphatic rings. The predicted octanol–water partition coefficient (Wildman–Crippen LogP) is 3.63. The van der Waals surface area contributed by atoms with Crippen LogP contribution in [0, 0.1) is 6.92 Å². The molecule has 0 saturated heterocycles. The van der Waals surface area contributed by atoms with E-state index in [4.69, 9.17) is 0 Å². The number of aryl methyl sites for hydroxylation is 2. The van der Waals surface area contributed by atoms with Crippen molar-refractivity contribution in [2.75, 3.05) is 4.72 Å². The minimum absolute atomic E-state index is 0.124. The first-order valence-electron chi connectivity index (χ1n) is 7.78. The normalized spacial score (nSPS) is 11.4. The highest BCUT2D eigenvalue weighted by Crippen LogP contribution is 2.22. The summed E-state index contributed by atoms with van der Waals surface area (Å²) in [5.74, 6) is 0. The van der Waals surface area contributed by atoms with E-state index in [1.807, 2.05) is 19.1 Å². The van der Waals surface area contributed by atoms with Crippen molar-refractivity contribution in [1.82, 2.24) is 0 Å². The van der Waals surface area contributed by atoms with Gasteiger partial charge in [-0.3, -0.25) is 4.72 Å². The van der Waals surface area contributed by atoms with Crippen LogP contribution >= 0.6 is 0 Å². The van der Waals surface area contributed by atoms with E-state index in [0.717, 1.165) is 30.4 Å².